The first-order chi connectivity index (χ1) is 18.7. The first-order valence-corrected chi connectivity index (χ1v) is 14.6. The molecule has 0 radical (unpaired) electrons. The maximum Gasteiger partial charge on any atom is 0.277 e. The molecule has 39 heavy (non-hydrogen) atoms. The quantitative estimate of drug-likeness (QED) is 0.304. The lowest BCUT2D eigenvalue weighted by Gasteiger charge is -2.29. The lowest BCUT2D eigenvalue weighted by atomic mass is 9.87. The SMILES string of the molecule is CCCCc1nc(O)c(S(=O)(=O)c2ccc(-c3ccc(F)nc3C)cc2)c(=O)n1[C@H]1CCCc2ccccc21. The van der Waals surface area contributed by atoms with Gasteiger partial charge in [-0.15, -0.1) is 0 Å². The number of aromatic nitrogens is 3. The van der Waals surface area contributed by atoms with Crippen LogP contribution >= 0.6 is 0 Å². The van der Waals surface area contributed by atoms with Gasteiger partial charge in [-0.3, -0.25) is 9.36 Å². The zero-order chi connectivity index (χ0) is 27.7. The van der Waals surface area contributed by atoms with Crippen LogP contribution in [-0.4, -0.2) is 28.1 Å². The van der Waals surface area contributed by atoms with Crippen molar-refractivity contribution in [3.05, 3.63) is 99.6 Å². The maximum atomic E-state index is 14.0. The molecule has 0 unspecified atom stereocenters. The summed E-state index contributed by atoms with van der Waals surface area (Å²) in [5.74, 6) is -0.999. The molecule has 202 valence electrons. The van der Waals surface area contributed by atoms with Crippen LogP contribution in [0.5, 0.6) is 5.88 Å². The number of aryl methyl sites for hydroxylation is 3. The van der Waals surface area contributed by atoms with Crippen molar-refractivity contribution in [3.63, 3.8) is 0 Å². The van der Waals surface area contributed by atoms with Crippen LogP contribution in [0.2, 0.25) is 0 Å². The minimum atomic E-state index is -4.41. The first kappa shape index (κ1) is 26.7. The number of sulfone groups is 1. The summed E-state index contributed by atoms with van der Waals surface area (Å²) >= 11 is 0. The molecule has 2 heterocycles. The molecule has 0 saturated heterocycles. The van der Waals surface area contributed by atoms with Gasteiger partial charge >= 0.3 is 0 Å². The van der Waals surface area contributed by atoms with E-state index in [1.165, 1.54) is 22.8 Å². The third kappa shape index (κ3) is 4.98. The Labute approximate surface area is 226 Å². The van der Waals surface area contributed by atoms with Gasteiger partial charge in [0.15, 0.2) is 4.90 Å². The van der Waals surface area contributed by atoms with E-state index >= 15 is 0 Å². The monoisotopic (exact) mass is 547 g/mol. The summed E-state index contributed by atoms with van der Waals surface area (Å²) in [4.78, 5) is 21.2. The van der Waals surface area contributed by atoms with E-state index < -0.39 is 32.1 Å². The Hall–Kier alpha value is -3.85. The minimum absolute atomic E-state index is 0.148. The van der Waals surface area contributed by atoms with E-state index in [-0.39, 0.29) is 10.9 Å². The highest BCUT2D eigenvalue weighted by molar-refractivity contribution is 7.91. The van der Waals surface area contributed by atoms with Crippen LogP contribution in [0.25, 0.3) is 11.1 Å². The van der Waals surface area contributed by atoms with Gasteiger partial charge in [-0.05, 0) is 73.6 Å². The molecule has 0 aliphatic heterocycles. The predicted molar refractivity (Wildman–Crippen MR) is 146 cm³/mol. The van der Waals surface area contributed by atoms with Crippen LogP contribution < -0.4 is 5.56 Å². The maximum absolute atomic E-state index is 14.0. The number of unbranched alkanes of at least 4 members (excludes halogenated alkanes) is 1. The summed E-state index contributed by atoms with van der Waals surface area (Å²) in [5, 5.41) is 10.8. The molecule has 0 bridgehead atoms. The Morgan fingerprint density at radius 3 is 2.51 bits per heavy atom. The number of halogens is 1. The van der Waals surface area contributed by atoms with Gasteiger partial charge in [-0.1, -0.05) is 49.7 Å². The van der Waals surface area contributed by atoms with Crippen LogP contribution in [0.15, 0.2) is 75.2 Å². The van der Waals surface area contributed by atoms with Gasteiger partial charge in [0.05, 0.1) is 10.9 Å². The smallest absolute Gasteiger partial charge is 0.277 e. The Kier molecular flexibility index (Phi) is 7.36. The van der Waals surface area contributed by atoms with E-state index in [2.05, 4.69) is 9.97 Å². The summed E-state index contributed by atoms with van der Waals surface area (Å²) in [5.41, 5.74) is 3.10. The molecule has 7 nitrogen and oxygen atoms in total. The molecule has 0 amide bonds. The van der Waals surface area contributed by atoms with Crippen LogP contribution in [0.3, 0.4) is 0 Å². The summed E-state index contributed by atoms with van der Waals surface area (Å²) < 4.78 is 42.5. The highest BCUT2D eigenvalue weighted by Gasteiger charge is 2.33. The molecular weight excluding hydrogens is 517 g/mol. The van der Waals surface area contributed by atoms with Crippen LogP contribution in [-0.2, 0) is 22.7 Å². The fraction of sp³-hybridized carbons (Fsp3) is 0.300. The number of pyridine rings is 1. The average molecular weight is 548 g/mol. The molecule has 2 aromatic carbocycles. The molecule has 1 aliphatic carbocycles. The number of fused-ring (bicyclic) bond motifs is 1. The van der Waals surface area contributed by atoms with Crippen molar-refractivity contribution in [1.82, 2.24) is 14.5 Å². The van der Waals surface area contributed by atoms with Gasteiger partial charge in [-0.2, -0.15) is 9.37 Å². The zero-order valence-corrected chi connectivity index (χ0v) is 22.7. The molecule has 9 heteroatoms. The summed E-state index contributed by atoms with van der Waals surface area (Å²) in [6, 6.07) is 16.2. The number of rotatable bonds is 7. The Morgan fingerprint density at radius 1 is 1.05 bits per heavy atom. The molecule has 1 atom stereocenters. The Balaban J connectivity index is 1.63. The lowest BCUT2D eigenvalue weighted by molar-refractivity contribution is 0.396. The van der Waals surface area contributed by atoms with Crippen molar-refractivity contribution < 1.29 is 17.9 Å². The average Bonchev–Trinajstić information content (AvgIpc) is 2.91. The summed E-state index contributed by atoms with van der Waals surface area (Å²) in [6.45, 7) is 3.68. The van der Waals surface area contributed by atoms with Gasteiger partial charge in [-0.25, -0.2) is 13.4 Å². The standard InChI is InChI=1S/C30H30FN3O4S/c1-3-4-12-27-33-29(35)28(30(36)34(27)25-11-7-9-20-8-5-6-10-24(20)25)39(37,38)22-15-13-21(14-16-22)23-17-18-26(31)32-19(23)2/h5-6,8,10,13-18,25,35H,3-4,7,9,11-12H2,1-2H3/t25-/m0/s1. The normalized spacial score (nSPS) is 15.2. The molecule has 0 fully saturated rings. The minimum Gasteiger partial charge on any atom is -0.492 e. The van der Waals surface area contributed by atoms with Crippen LogP contribution in [0, 0.1) is 12.9 Å². The van der Waals surface area contributed by atoms with Gasteiger partial charge in [0.1, 0.15) is 5.82 Å². The number of hydrogen-bond donors (Lipinski definition) is 1. The van der Waals surface area contributed by atoms with Gasteiger partial charge in [0.25, 0.3) is 5.56 Å². The van der Waals surface area contributed by atoms with Crippen molar-refractivity contribution in [2.24, 2.45) is 0 Å². The van der Waals surface area contributed by atoms with Crippen molar-refractivity contribution in [3.8, 4) is 17.0 Å². The highest BCUT2D eigenvalue weighted by atomic mass is 32.2. The van der Waals surface area contributed by atoms with E-state index in [1.807, 2.05) is 31.2 Å². The van der Waals surface area contributed by atoms with E-state index in [0.29, 0.717) is 35.5 Å². The van der Waals surface area contributed by atoms with E-state index in [4.69, 9.17) is 0 Å². The predicted octanol–water partition coefficient (Wildman–Crippen LogP) is 5.56. The fourth-order valence-corrected chi connectivity index (χ4v) is 6.72. The topological polar surface area (TPSA) is 102 Å². The second-order valence-electron chi connectivity index (χ2n) is 9.86. The van der Waals surface area contributed by atoms with E-state index in [1.54, 1.807) is 25.1 Å². The third-order valence-electron chi connectivity index (χ3n) is 7.33. The second kappa shape index (κ2) is 10.7. The molecule has 0 saturated carbocycles. The van der Waals surface area contributed by atoms with Crippen molar-refractivity contribution in [2.45, 2.75) is 68.2 Å². The largest absolute Gasteiger partial charge is 0.492 e. The second-order valence-corrected chi connectivity index (χ2v) is 11.7. The molecule has 5 rings (SSSR count). The Morgan fingerprint density at radius 2 is 1.79 bits per heavy atom. The number of hydrogen-bond acceptors (Lipinski definition) is 6. The molecule has 1 aliphatic rings. The summed E-state index contributed by atoms with van der Waals surface area (Å²) in [7, 11) is -4.41. The zero-order valence-electron chi connectivity index (χ0n) is 21.9. The van der Waals surface area contributed by atoms with Crippen molar-refractivity contribution in [2.75, 3.05) is 0 Å². The number of aromatic hydroxyl groups is 1. The third-order valence-corrected chi connectivity index (χ3v) is 9.12. The van der Waals surface area contributed by atoms with Gasteiger partial charge in [0.2, 0.25) is 21.7 Å². The molecule has 4 aromatic rings. The first-order valence-electron chi connectivity index (χ1n) is 13.1. The van der Waals surface area contributed by atoms with Gasteiger partial charge < -0.3 is 5.11 Å². The van der Waals surface area contributed by atoms with Crippen LogP contribution in [0.1, 0.15) is 61.3 Å². The molecule has 2 aromatic heterocycles. The van der Waals surface area contributed by atoms with E-state index in [9.17, 15) is 22.7 Å². The molecule has 1 N–H and O–H groups in total. The lowest BCUT2D eigenvalue weighted by Crippen LogP contribution is -2.35. The molecular formula is C30H30FN3O4S. The van der Waals surface area contributed by atoms with Crippen molar-refractivity contribution >= 4 is 9.84 Å². The Bertz CT molecular complexity index is 1700. The van der Waals surface area contributed by atoms with Gasteiger partial charge in [0, 0.05) is 17.7 Å². The molecule has 0 spiro atoms. The highest BCUT2D eigenvalue weighted by Crippen LogP contribution is 2.35. The number of benzene rings is 2. The number of nitrogens with zero attached hydrogens (tertiary/aromatic N) is 3. The van der Waals surface area contributed by atoms with E-state index in [0.717, 1.165) is 36.8 Å². The summed E-state index contributed by atoms with van der Waals surface area (Å²) in [6.07, 6.45) is 4.44. The fourth-order valence-electron chi connectivity index (χ4n) is 5.38. The van der Waals surface area contributed by atoms with Crippen LogP contribution in [0.4, 0.5) is 4.39 Å². The van der Waals surface area contributed by atoms with Crippen molar-refractivity contribution in [1.29, 1.82) is 0 Å².